The molecular formula is C13H16FN. The molecule has 0 aliphatic heterocycles. The molecule has 0 aliphatic rings. The highest BCUT2D eigenvalue weighted by Gasteiger charge is 2.16. The Bertz CT molecular complexity index is 337. The van der Waals surface area contributed by atoms with Gasteiger partial charge in [-0.2, -0.15) is 0 Å². The van der Waals surface area contributed by atoms with Gasteiger partial charge in [0.2, 0.25) is 0 Å². The minimum atomic E-state index is -0.982. The fraction of sp³-hybridized carbons (Fsp3) is 0.385. The van der Waals surface area contributed by atoms with Gasteiger partial charge in [0.15, 0.2) is 0 Å². The van der Waals surface area contributed by atoms with E-state index in [0.29, 0.717) is 12.1 Å². The summed E-state index contributed by atoms with van der Waals surface area (Å²) >= 11 is 0. The van der Waals surface area contributed by atoms with Crippen LogP contribution >= 0.6 is 0 Å². The van der Waals surface area contributed by atoms with Gasteiger partial charge in [-0.15, -0.1) is 5.92 Å². The summed E-state index contributed by atoms with van der Waals surface area (Å²) in [7, 11) is 0. The average Bonchev–Trinajstić information content (AvgIpc) is 2.29. The van der Waals surface area contributed by atoms with Crippen molar-refractivity contribution in [3.63, 3.8) is 0 Å². The predicted octanol–water partition coefficient (Wildman–Crippen LogP) is 2.70. The molecule has 0 aromatic heterocycles. The maximum absolute atomic E-state index is 13.8. The predicted molar refractivity (Wildman–Crippen MR) is 61.2 cm³/mol. The van der Waals surface area contributed by atoms with E-state index in [1.807, 2.05) is 25.1 Å². The van der Waals surface area contributed by atoms with Gasteiger partial charge < -0.3 is 5.32 Å². The molecule has 1 aromatic rings. The van der Waals surface area contributed by atoms with Crippen LogP contribution in [-0.2, 0) is 0 Å². The van der Waals surface area contributed by atoms with Crippen LogP contribution in [0, 0.1) is 11.8 Å². The first-order valence-corrected chi connectivity index (χ1v) is 5.07. The molecular weight excluding hydrogens is 189 g/mol. The zero-order valence-electron chi connectivity index (χ0n) is 9.13. The van der Waals surface area contributed by atoms with Crippen molar-refractivity contribution < 1.29 is 4.39 Å². The van der Waals surface area contributed by atoms with Crippen molar-refractivity contribution in [2.75, 3.05) is 6.54 Å². The van der Waals surface area contributed by atoms with Crippen molar-refractivity contribution in [1.82, 2.24) is 5.32 Å². The van der Waals surface area contributed by atoms with Crippen molar-refractivity contribution in [1.29, 1.82) is 0 Å². The van der Waals surface area contributed by atoms with Gasteiger partial charge in [0.1, 0.15) is 6.17 Å². The van der Waals surface area contributed by atoms with E-state index in [1.54, 1.807) is 19.1 Å². The third-order valence-electron chi connectivity index (χ3n) is 2.25. The number of rotatable bonds is 4. The van der Waals surface area contributed by atoms with Crippen molar-refractivity contribution in [2.45, 2.75) is 26.1 Å². The van der Waals surface area contributed by atoms with Crippen LogP contribution in [0.4, 0.5) is 4.39 Å². The van der Waals surface area contributed by atoms with E-state index in [2.05, 4.69) is 17.2 Å². The Labute approximate surface area is 90.7 Å². The second-order valence-electron chi connectivity index (χ2n) is 3.41. The van der Waals surface area contributed by atoms with E-state index in [4.69, 9.17) is 0 Å². The molecule has 2 unspecified atom stereocenters. The molecule has 80 valence electrons. The van der Waals surface area contributed by atoms with Crippen LogP contribution in [0.25, 0.3) is 0 Å². The SMILES string of the molecule is CC#CCNC(C)C(F)c1ccccc1. The zero-order chi connectivity index (χ0) is 11.1. The van der Waals surface area contributed by atoms with Crippen LogP contribution in [-0.4, -0.2) is 12.6 Å². The minimum Gasteiger partial charge on any atom is -0.300 e. The molecule has 0 spiro atoms. The smallest absolute Gasteiger partial charge is 0.140 e. The molecule has 0 saturated carbocycles. The van der Waals surface area contributed by atoms with Crippen LogP contribution in [0.3, 0.4) is 0 Å². The van der Waals surface area contributed by atoms with Gasteiger partial charge in [-0.3, -0.25) is 0 Å². The molecule has 1 aromatic carbocycles. The van der Waals surface area contributed by atoms with Gasteiger partial charge in [-0.1, -0.05) is 36.3 Å². The van der Waals surface area contributed by atoms with Crippen molar-refractivity contribution >= 4 is 0 Å². The second-order valence-corrected chi connectivity index (χ2v) is 3.41. The standard InChI is InChI=1S/C13H16FN/c1-3-4-10-15-11(2)13(14)12-8-6-5-7-9-12/h5-9,11,13,15H,10H2,1-2H3. The summed E-state index contributed by atoms with van der Waals surface area (Å²) in [5.74, 6) is 5.62. The maximum atomic E-state index is 13.8. The number of alkyl halides is 1. The summed E-state index contributed by atoms with van der Waals surface area (Å²) in [4.78, 5) is 0. The Morgan fingerprint density at radius 1 is 1.33 bits per heavy atom. The number of benzene rings is 1. The molecule has 0 radical (unpaired) electrons. The number of hydrogen-bond acceptors (Lipinski definition) is 1. The summed E-state index contributed by atoms with van der Waals surface area (Å²) in [6.45, 7) is 4.14. The van der Waals surface area contributed by atoms with Crippen LogP contribution in [0.1, 0.15) is 25.6 Å². The van der Waals surface area contributed by atoms with Gasteiger partial charge in [-0.05, 0) is 19.4 Å². The summed E-state index contributed by atoms with van der Waals surface area (Å²) in [6.07, 6.45) is -0.982. The average molecular weight is 205 g/mol. The zero-order valence-corrected chi connectivity index (χ0v) is 9.13. The summed E-state index contributed by atoms with van der Waals surface area (Å²) < 4.78 is 13.8. The highest BCUT2D eigenvalue weighted by Crippen LogP contribution is 2.20. The van der Waals surface area contributed by atoms with Gasteiger partial charge >= 0.3 is 0 Å². The molecule has 0 bridgehead atoms. The Morgan fingerprint density at radius 2 is 2.00 bits per heavy atom. The largest absolute Gasteiger partial charge is 0.300 e. The molecule has 0 amide bonds. The Kier molecular flexibility index (Phi) is 4.86. The van der Waals surface area contributed by atoms with Gasteiger partial charge in [-0.25, -0.2) is 4.39 Å². The number of nitrogens with one attached hydrogen (secondary N) is 1. The Hall–Kier alpha value is -1.33. The normalized spacial score (nSPS) is 13.8. The Balaban J connectivity index is 2.52. The third kappa shape index (κ3) is 3.73. The fourth-order valence-electron chi connectivity index (χ4n) is 1.33. The number of hydrogen-bond donors (Lipinski definition) is 1. The first-order valence-electron chi connectivity index (χ1n) is 5.07. The molecule has 1 nitrogen and oxygen atoms in total. The van der Waals surface area contributed by atoms with E-state index in [1.165, 1.54) is 0 Å². The lowest BCUT2D eigenvalue weighted by molar-refractivity contribution is 0.271. The van der Waals surface area contributed by atoms with E-state index in [9.17, 15) is 4.39 Å². The van der Waals surface area contributed by atoms with Gasteiger partial charge in [0.25, 0.3) is 0 Å². The minimum absolute atomic E-state index is 0.215. The first-order chi connectivity index (χ1) is 7.25. The lowest BCUT2D eigenvalue weighted by Crippen LogP contribution is -2.30. The molecule has 0 heterocycles. The molecule has 0 saturated heterocycles. The van der Waals surface area contributed by atoms with Crippen LogP contribution < -0.4 is 5.32 Å². The van der Waals surface area contributed by atoms with Crippen molar-refractivity contribution in [3.8, 4) is 11.8 Å². The number of halogens is 1. The van der Waals surface area contributed by atoms with E-state index < -0.39 is 6.17 Å². The van der Waals surface area contributed by atoms with Crippen LogP contribution in [0.2, 0.25) is 0 Å². The fourth-order valence-corrected chi connectivity index (χ4v) is 1.33. The maximum Gasteiger partial charge on any atom is 0.140 e. The highest BCUT2D eigenvalue weighted by atomic mass is 19.1. The highest BCUT2D eigenvalue weighted by molar-refractivity contribution is 5.18. The first kappa shape index (κ1) is 11.7. The lowest BCUT2D eigenvalue weighted by Gasteiger charge is -2.17. The summed E-state index contributed by atoms with van der Waals surface area (Å²) in [5, 5.41) is 3.03. The molecule has 2 heteroatoms. The molecule has 1 rings (SSSR count). The monoisotopic (exact) mass is 205 g/mol. The topological polar surface area (TPSA) is 12.0 Å². The molecule has 2 atom stereocenters. The summed E-state index contributed by atoms with van der Waals surface area (Å²) in [6, 6.07) is 8.97. The molecule has 1 N–H and O–H groups in total. The van der Waals surface area contributed by atoms with Crippen molar-refractivity contribution in [2.24, 2.45) is 0 Å². The third-order valence-corrected chi connectivity index (χ3v) is 2.25. The van der Waals surface area contributed by atoms with Crippen LogP contribution in [0.15, 0.2) is 30.3 Å². The quantitative estimate of drug-likeness (QED) is 0.745. The van der Waals surface area contributed by atoms with Gasteiger partial charge in [0, 0.05) is 6.04 Å². The van der Waals surface area contributed by atoms with E-state index in [0.717, 1.165) is 0 Å². The second kappa shape index (κ2) is 6.21. The van der Waals surface area contributed by atoms with E-state index in [-0.39, 0.29) is 6.04 Å². The van der Waals surface area contributed by atoms with E-state index >= 15 is 0 Å². The lowest BCUT2D eigenvalue weighted by atomic mass is 10.1. The molecule has 0 aliphatic carbocycles. The molecule has 15 heavy (non-hydrogen) atoms. The van der Waals surface area contributed by atoms with Crippen molar-refractivity contribution in [3.05, 3.63) is 35.9 Å². The summed E-state index contributed by atoms with van der Waals surface area (Å²) in [5.41, 5.74) is 0.710. The van der Waals surface area contributed by atoms with Crippen LogP contribution in [0.5, 0.6) is 0 Å². The Morgan fingerprint density at radius 3 is 2.60 bits per heavy atom. The van der Waals surface area contributed by atoms with Gasteiger partial charge in [0.05, 0.1) is 6.54 Å². The molecule has 0 fully saturated rings.